The Bertz CT molecular complexity index is 369. The number of nitrogens with one attached hydrogen (secondary N) is 1. The van der Waals surface area contributed by atoms with E-state index < -0.39 is 0 Å². The highest BCUT2D eigenvalue weighted by Crippen LogP contribution is 2.18. The van der Waals surface area contributed by atoms with Crippen molar-refractivity contribution in [3.8, 4) is 0 Å². The fourth-order valence-electron chi connectivity index (χ4n) is 2.65. The summed E-state index contributed by atoms with van der Waals surface area (Å²) in [4.78, 5) is 7.10. The molecule has 0 bridgehead atoms. The first kappa shape index (κ1) is 14.9. The average molecular weight is 283 g/mol. The molecule has 0 radical (unpaired) electrons. The highest BCUT2D eigenvalue weighted by Gasteiger charge is 2.20. The van der Waals surface area contributed by atoms with E-state index >= 15 is 0 Å². The van der Waals surface area contributed by atoms with Gasteiger partial charge in [0.05, 0.1) is 17.3 Å². The number of hydrogen-bond acceptors (Lipinski definition) is 5. The minimum absolute atomic E-state index is 0.769. The molecule has 2 heterocycles. The van der Waals surface area contributed by atoms with Gasteiger partial charge >= 0.3 is 0 Å². The highest BCUT2D eigenvalue weighted by atomic mass is 32.1. The molecule has 1 saturated heterocycles. The minimum atomic E-state index is 0.769. The third-order valence-corrected chi connectivity index (χ3v) is 4.39. The van der Waals surface area contributed by atoms with Gasteiger partial charge in [-0.25, -0.2) is 4.98 Å². The average Bonchev–Trinajstić information content (AvgIpc) is 2.81. The van der Waals surface area contributed by atoms with Crippen molar-refractivity contribution < 1.29 is 4.74 Å². The van der Waals surface area contributed by atoms with Crippen LogP contribution in [-0.4, -0.2) is 49.8 Å². The Labute approximate surface area is 120 Å². The maximum absolute atomic E-state index is 5.05. The summed E-state index contributed by atoms with van der Waals surface area (Å²) in [6, 6.07) is 0. The van der Waals surface area contributed by atoms with Crippen LogP contribution in [0.5, 0.6) is 0 Å². The van der Waals surface area contributed by atoms with E-state index in [-0.39, 0.29) is 0 Å². The lowest BCUT2D eigenvalue weighted by molar-refractivity contribution is 0.158. The van der Waals surface area contributed by atoms with Crippen molar-refractivity contribution in [3.63, 3.8) is 0 Å². The Hall–Kier alpha value is -0.490. The lowest BCUT2D eigenvalue weighted by Gasteiger charge is -2.32. The smallest absolute Gasteiger partial charge is 0.0897 e. The predicted octanol–water partition coefficient (Wildman–Crippen LogP) is 1.90. The third kappa shape index (κ3) is 5.18. The molecule has 5 heteroatoms. The molecule has 2 rings (SSSR count). The molecule has 0 saturated carbocycles. The van der Waals surface area contributed by atoms with Gasteiger partial charge in [0.1, 0.15) is 0 Å². The number of aromatic nitrogens is 1. The number of rotatable bonds is 7. The summed E-state index contributed by atoms with van der Waals surface area (Å²) in [6.07, 6.45) is 2.65. The summed E-state index contributed by atoms with van der Waals surface area (Å²) < 4.78 is 5.05. The Morgan fingerprint density at radius 3 is 3.21 bits per heavy atom. The first-order chi connectivity index (χ1) is 9.28. The van der Waals surface area contributed by atoms with Crippen LogP contribution >= 0.6 is 11.3 Å². The van der Waals surface area contributed by atoms with Crippen LogP contribution in [0.4, 0.5) is 0 Å². The molecule has 1 aliphatic rings. The number of hydrogen-bond donors (Lipinski definition) is 1. The zero-order chi connectivity index (χ0) is 13.5. The molecule has 0 spiro atoms. The van der Waals surface area contributed by atoms with Gasteiger partial charge in [-0.15, -0.1) is 11.3 Å². The molecule has 4 nitrogen and oxygen atoms in total. The topological polar surface area (TPSA) is 37.4 Å². The van der Waals surface area contributed by atoms with Crippen LogP contribution in [0, 0.1) is 12.8 Å². The monoisotopic (exact) mass is 283 g/mol. The first-order valence-electron chi connectivity index (χ1n) is 7.11. The van der Waals surface area contributed by atoms with Crippen LogP contribution in [0.15, 0.2) is 5.38 Å². The van der Waals surface area contributed by atoms with E-state index in [0.717, 1.165) is 32.2 Å². The molecular weight excluding hydrogens is 258 g/mol. The molecule has 1 atom stereocenters. The van der Waals surface area contributed by atoms with Crippen LogP contribution in [0.25, 0.3) is 0 Å². The maximum Gasteiger partial charge on any atom is 0.0897 e. The Balaban J connectivity index is 1.71. The van der Waals surface area contributed by atoms with Crippen LogP contribution < -0.4 is 5.32 Å². The third-order valence-electron chi connectivity index (χ3n) is 3.57. The quantitative estimate of drug-likeness (QED) is 0.776. The number of nitrogens with zero attached hydrogens (tertiary/aromatic N) is 2. The summed E-state index contributed by atoms with van der Waals surface area (Å²) >= 11 is 1.75. The van der Waals surface area contributed by atoms with Crippen molar-refractivity contribution in [3.05, 3.63) is 16.1 Å². The Kier molecular flexibility index (Phi) is 6.23. The molecule has 1 aromatic rings. The van der Waals surface area contributed by atoms with E-state index in [1.807, 2.05) is 0 Å². The Morgan fingerprint density at radius 2 is 2.47 bits per heavy atom. The van der Waals surface area contributed by atoms with Crippen LogP contribution in [0.1, 0.15) is 23.5 Å². The summed E-state index contributed by atoms with van der Waals surface area (Å²) in [5, 5.41) is 6.84. The molecule has 0 amide bonds. The summed E-state index contributed by atoms with van der Waals surface area (Å²) in [5.41, 5.74) is 1.23. The SMILES string of the molecule is COCCNCC1CCCN(Cc2csc(C)n2)C1. The van der Waals surface area contributed by atoms with Gasteiger partial charge in [-0.1, -0.05) is 0 Å². The molecule has 1 N–H and O–H groups in total. The number of piperidine rings is 1. The van der Waals surface area contributed by atoms with Gasteiger partial charge in [0.15, 0.2) is 0 Å². The van der Waals surface area contributed by atoms with E-state index in [9.17, 15) is 0 Å². The molecule has 19 heavy (non-hydrogen) atoms. The normalized spacial score (nSPS) is 20.8. The molecule has 1 fully saturated rings. The van der Waals surface area contributed by atoms with Crippen molar-refractivity contribution in [2.24, 2.45) is 5.92 Å². The van der Waals surface area contributed by atoms with Gasteiger partial charge in [-0.2, -0.15) is 0 Å². The fraction of sp³-hybridized carbons (Fsp3) is 0.786. The summed E-state index contributed by atoms with van der Waals surface area (Å²) in [7, 11) is 1.75. The molecule has 1 unspecified atom stereocenters. The standard InChI is InChI=1S/C14H25N3OS/c1-12-16-14(11-19-12)10-17-6-3-4-13(9-17)8-15-5-7-18-2/h11,13,15H,3-10H2,1-2H3. The second-order valence-corrected chi connectivity index (χ2v) is 6.36. The molecule has 1 aliphatic heterocycles. The lowest BCUT2D eigenvalue weighted by atomic mass is 9.98. The van der Waals surface area contributed by atoms with Gasteiger partial charge < -0.3 is 10.1 Å². The molecule has 1 aromatic heterocycles. The van der Waals surface area contributed by atoms with E-state index in [1.165, 1.54) is 36.6 Å². The van der Waals surface area contributed by atoms with Gasteiger partial charge in [-0.05, 0) is 38.8 Å². The molecule has 0 aliphatic carbocycles. The van der Waals surface area contributed by atoms with Gasteiger partial charge in [-0.3, -0.25) is 4.90 Å². The van der Waals surface area contributed by atoms with Crippen LogP contribution in [0.3, 0.4) is 0 Å². The zero-order valence-corrected chi connectivity index (χ0v) is 12.8. The van der Waals surface area contributed by atoms with Crippen LogP contribution in [-0.2, 0) is 11.3 Å². The Morgan fingerprint density at radius 1 is 1.58 bits per heavy atom. The van der Waals surface area contributed by atoms with Gasteiger partial charge in [0, 0.05) is 32.1 Å². The minimum Gasteiger partial charge on any atom is -0.383 e. The highest BCUT2D eigenvalue weighted by molar-refractivity contribution is 7.09. The summed E-state index contributed by atoms with van der Waals surface area (Å²) in [5.74, 6) is 0.769. The van der Waals surface area contributed by atoms with Gasteiger partial charge in [0.2, 0.25) is 0 Å². The van der Waals surface area contributed by atoms with Crippen molar-refractivity contribution >= 4 is 11.3 Å². The maximum atomic E-state index is 5.05. The largest absolute Gasteiger partial charge is 0.383 e. The van der Waals surface area contributed by atoms with Gasteiger partial charge in [0.25, 0.3) is 0 Å². The number of likely N-dealkylation sites (tertiary alicyclic amines) is 1. The first-order valence-corrected chi connectivity index (χ1v) is 7.99. The van der Waals surface area contributed by atoms with E-state index in [1.54, 1.807) is 18.4 Å². The van der Waals surface area contributed by atoms with Crippen LogP contribution in [0.2, 0.25) is 0 Å². The summed E-state index contributed by atoms with van der Waals surface area (Å²) in [6.45, 7) is 8.36. The van der Waals surface area contributed by atoms with E-state index in [4.69, 9.17) is 4.74 Å². The fourth-order valence-corrected chi connectivity index (χ4v) is 3.26. The van der Waals surface area contributed by atoms with Crippen molar-refractivity contribution in [1.82, 2.24) is 15.2 Å². The molecular formula is C14H25N3OS. The number of thiazole rings is 1. The number of ether oxygens (including phenoxy) is 1. The van der Waals surface area contributed by atoms with Crippen molar-refractivity contribution in [2.75, 3.05) is 39.9 Å². The van der Waals surface area contributed by atoms with E-state index in [2.05, 4.69) is 27.5 Å². The molecule has 0 aromatic carbocycles. The second kappa shape index (κ2) is 7.94. The van der Waals surface area contributed by atoms with E-state index in [0.29, 0.717) is 0 Å². The second-order valence-electron chi connectivity index (χ2n) is 5.30. The number of methoxy groups -OCH3 is 1. The number of aryl methyl sites for hydroxylation is 1. The van der Waals surface area contributed by atoms with Crippen molar-refractivity contribution in [2.45, 2.75) is 26.3 Å². The van der Waals surface area contributed by atoms with Crippen molar-refractivity contribution in [1.29, 1.82) is 0 Å². The zero-order valence-electron chi connectivity index (χ0n) is 12.0. The lowest BCUT2D eigenvalue weighted by Crippen LogP contribution is -2.39. The predicted molar refractivity (Wildman–Crippen MR) is 79.6 cm³/mol. The molecule has 108 valence electrons.